The Morgan fingerprint density at radius 1 is 1.16 bits per heavy atom. The first-order chi connectivity index (χ1) is 9.20. The van der Waals surface area contributed by atoms with Crippen LogP contribution in [0.15, 0.2) is 41.2 Å². The van der Waals surface area contributed by atoms with Crippen LogP contribution >= 0.6 is 24.2 Å². The van der Waals surface area contributed by atoms with Gasteiger partial charge in [0.25, 0.3) is 5.56 Å². The average molecular weight is 292 g/mol. The largest absolute Gasteiger partial charge is 0.305 e. The van der Waals surface area contributed by atoms with Gasteiger partial charge in [0.15, 0.2) is 0 Å². The smallest absolute Gasteiger partial charge is 0.255 e. The van der Waals surface area contributed by atoms with Gasteiger partial charge in [-0.2, -0.15) is 12.6 Å². The minimum atomic E-state index is 0.0879. The van der Waals surface area contributed by atoms with Crippen LogP contribution in [-0.2, 0) is 5.75 Å². The molecule has 3 rings (SSSR count). The van der Waals surface area contributed by atoms with Crippen molar-refractivity contribution in [2.75, 3.05) is 0 Å². The van der Waals surface area contributed by atoms with Crippen molar-refractivity contribution in [2.45, 2.75) is 24.6 Å². The van der Waals surface area contributed by atoms with Gasteiger partial charge in [0, 0.05) is 22.4 Å². The summed E-state index contributed by atoms with van der Waals surface area (Å²) in [5.74, 6) is 0.479. The molecule has 0 spiro atoms. The molecule has 0 amide bonds. The molecule has 4 heteroatoms. The molecule has 1 aliphatic carbocycles. The summed E-state index contributed by atoms with van der Waals surface area (Å²) >= 11 is 10.1. The third-order valence-electron chi connectivity index (χ3n) is 3.42. The third-order valence-corrected chi connectivity index (χ3v) is 4.01. The van der Waals surface area contributed by atoms with Crippen LogP contribution in [0.5, 0.6) is 0 Å². The molecule has 1 heterocycles. The minimum Gasteiger partial charge on any atom is -0.305 e. The molecule has 0 N–H and O–H groups in total. The lowest BCUT2D eigenvalue weighted by Gasteiger charge is -2.13. The molecule has 2 aromatic rings. The number of halogens is 1. The second-order valence-corrected chi connectivity index (χ2v) is 5.57. The van der Waals surface area contributed by atoms with Crippen LogP contribution < -0.4 is 5.56 Å². The van der Waals surface area contributed by atoms with Crippen molar-refractivity contribution in [3.8, 4) is 11.3 Å². The standard InChI is InChI=1S/C15H14ClNOS/c16-12-4-1-10(2-5-12)14-8-3-11(9-19)15(18)17(14)13-6-7-13/h1-5,8,13,19H,6-7,9H2. The Balaban J connectivity index is 2.18. The van der Waals surface area contributed by atoms with Gasteiger partial charge in [0.2, 0.25) is 0 Å². The predicted molar refractivity (Wildman–Crippen MR) is 82.1 cm³/mol. The number of benzene rings is 1. The summed E-state index contributed by atoms with van der Waals surface area (Å²) in [5, 5.41) is 0.705. The molecule has 1 aromatic heterocycles. The monoisotopic (exact) mass is 291 g/mol. The van der Waals surface area contributed by atoms with Crippen molar-refractivity contribution >= 4 is 24.2 Å². The Morgan fingerprint density at radius 2 is 1.84 bits per heavy atom. The van der Waals surface area contributed by atoms with Gasteiger partial charge in [-0.15, -0.1) is 0 Å². The second-order valence-electron chi connectivity index (χ2n) is 4.82. The molecule has 1 aromatic carbocycles. The van der Waals surface area contributed by atoms with E-state index >= 15 is 0 Å². The Bertz CT molecular complexity index is 659. The highest BCUT2D eigenvalue weighted by Crippen LogP contribution is 2.37. The van der Waals surface area contributed by atoms with E-state index in [0.717, 1.165) is 29.7 Å². The van der Waals surface area contributed by atoms with Gasteiger partial charge < -0.3 is 4.57 Å². The van der Waals surface area contributed by atoms with Crippen molar-refractivity contribution in [1.82, 2.24) is 4.57 Å². The SMILES string of the molecule is O=c1c(CS)ccc(-c2ccc(Cl)cc2)n1C1CC1. The summed E-state index contributed by atoms with van der Waals surface area (Å²) in [7, 11) is 0. The van der Waals surface area contributed by atoms with Gasteiger partial charge in [-0.05, 0) is 36.6 Å². The molecule has 0 bridgehead atoms. The zero-order valence-electron chi connectivity index (χ0n) is 10.3. The number of hydrogen-bond acceptors (Lipinski definition) is 2. The number of aromatic nitrogens is 1. The van der Waals surface area contributed by atoms with Gasteiger partial charge >= 0.3 is 0 Å². The first kappa shape index (κ1) is 12.8. The van der Waals surface area contributed by atoms with E-state index in [0.29, 0.717) is 16.8 Å². The summed E-state index contributed by atoms with van der Waals surface area (Å²) in [6.07, 6.45) is 2.16. The average Bonchev–Trinajstić information content (AvgIpc) is 3.23. The summed E-state index contributed by atoms with van der Waals surface area (Å²) in [6.45, 7) is 0. The van der Waals surface area contributed by atoms with Crippen molar-refractivity contribution in [3.63, 3.8) is 0 Å². The lowest BCUT2D eigenvalue weighted by molar-refractivity contribution is 0.709. The van der Waals surface area contributed by atoms with E-state index in [1.165, 1.54) is 0 Å². The molecule has 0 aliphatic heterocycles. The van der Waals surface area contributed by atoms with Gasteiger partial charge in [-0.25, -0.2) is 0 Å². The molecule has 19 heavy (non-hydrogen) atoms. The Hall–Kier alpha value is -1.19. The fourth-order valence-electron chi connectivity index (χ4n) is 2.27. The minimum absolute atomic E-state index is 0.0879. The molecule has 0 unspecified atom stereocenters. The number of pyridine rings is 1. The van der Waals surface area contributed by atoms with E-state index in [-0.39, 0.29) is 5.56 Å². The van der Waals surface area contributed by atoms with E-state index in [9.17, 15) is 4.79 Å². The molecule has 1 fully saturated rings. The molecular formula is C15H14ClNOS. The Kier molecular flexibility index (Phi) is 3.42. The first-order valence-corrected chi connectivity index (χ1v) is 7.33. The van der Waals surface area contributed by atoms with Crippen molar-refractivity contribution in [2.24, 2.45) is 0 Å². The van der Waals surface area contributed by atoms with Crippen LogP contribution in [-0.4, -0.2) is 4.57 Å². The fraction of sp³-hybridized carbons (Fsp3) is 0.267. The predicted octanol–water partition coefficient (Wildman–Crippen LogP) is 3.93. The zero-order valence-corrected chi connectivity index (χ0v) is 12.0. The number of thiol groups is 1. The van der Waals surface area contributed by atoms with E-state index in [1.807, 2.05) is 41.0 Å². The highest BCUT2D eigenvalue weighted by molar-refractivity contribution is 7.79. The van der Waals surface area contributed by atoms with Crippen LogP contribution in [0.4, 0.5) is 0 Å². The van der Waals surface area contributed by atoms with E-state index in [4.69, 9.17) is 11.6 Å². The fourth-order valence-corrected chi connectivity index (χ4v) is 2.63. The van der Waals surface area contributed by atoms with Crippen molar-refractivity contribution in [1.29, 1.82) is 0 Å². The Morgan fingerprint density at radius 3 is 2.42 bits per heavy atom. The van der Waals surface area contributed by atoms with Gasteiger partial charge in [-0.1, -0.05) is 29.8 Å². The molecule has 1 aliphatic rings. The topological polar surface area (TPSA) is 22.0 Å². The maximum absolute atomic E-state index is 12.4. The number of hydrogen-bond donors (Lipinski definition) is 1. The van der Waals surface area contributed by atoms with Gasteiger partial charge in [0.1, 0.15) is 0 Å². The maximum atomic E-state index is 12.4. The Labute approximate surface area is 122 Å². The molecule has 0 radical (unpaired) electrons. The van der Waals surface area contributed by atoms with E-state index in [1.54, 1.807) is 0 Å². The normalized spacial score (nSPS) is 14.6. The summed E-state index contributed by atoms with van der Waals surface area (Å²) < 4.78 is 1.91. The first-order valence-electron chi connectivity index (χ1n) is 6.32. The quantitative estimate of drug-likeness (QED) is 0.850. The molecule has 1 saturated carbocycles. The molecule has 0 saturated heterocycles. The van der Waals surface area contributed by atoms with Crippen molar-refractivity contribution in [3.05, 3.63) is 57.3 Å². The van der Waals surface area contributed by atoms with E-state index < -0.39 is 0 Å². The third kappa shape index (κ3) is 2.45. The maximum Gasteiger partial charge on any atom is 0.255 e. The summed E-state index contributed by atoms with van der Waals surface area (Å²) in [5.41, 5.74) is 2.84. The summed E-state index contributed by atoms with van der Waals surface area (Å²) in [6, 6.07) is 11.8. The molecule has 2 nitrogen and oxygen atoms in total. The van der Waals surface area contributed by atoms with Crippen LogP contribution in [0.25, 0.3) is 11.3 Å². The van der Waals surface area contributed by atoms with Crippen LogP contribution in [0.3, 0.4) is 0 Å². The second kappa shape index (κ2) is 5.06. The highest BCUT2D eigenvalue weighted by Gasteiger charge is 2.27. The van der Waals surface area contributed by atoms with Gasteiger partial charge in [-0.3, -0.25) is 4.79 Å². The molecular weight excluding hydrogens is 278 g/mol. The number of nitrogens with zero attached hydrogens (tertiary/aromatic N) is 1. The number of rotatable bonds is 3. The molecule has 0 atom stereocenters. The highest BCUT2D eigenvalue weighted by atomic mass is 35.5. The van der Waals surface area contributed by atoms with Crippen LogP contribution in [0.1, 0.15) is 24.4 Å². The zero-order chi connectivity index (χ0) is 13.4. The van der Waals surface area contributed by atoms with Crippen LogP contribution in [0.2, 0.25) is 5.02 Å². The lowest BCUT2D eigenvalue weighted by Crippen LogP contribution is -2.23. The van der Waals surface area contributed by atoms with Crippen LogP contribution in [0, 0.1) is 0 Å². The lowest BCUT2D eigenvalue weighted by atomic mass is 10.1. The van der Waals surface area contributed by atoms with Crippen molar-refractivity contribution < 1.29 is 0 Å². The molecule has 98 valence electrons. The van der Waals surface area contributed by atoms with E-state index in [2.05, 4.69) is 12.6 Å². The summed E-state index contributed by atoms with van der Waals surface area (Å²) in [4.78, 5) is 12.4. The van der Waals surface area contributed by atoms with Gasteiger partial charge in [0.05, 0.1) is 5.69 Å².